The third-order valence-electron chi connectivity index (χ3n) is 2.92. The first-order chi connectivity index (χ1) is 9.31. The molecule has 3 N–H and O–H groups in total. The van der Waals surface area contributed by atoms with E-state index in [1.54, 1.807) is 30.7 Å². The van der Waals surface area contributed by atoms with E-state index in [2.05, 4.69) is 14.9 Å². The predicted octanol–water partition coefficient (Wildman–Crippen LogP) is 0.745. The molecular formula is C12H17N5O2S. The highest BCUT2D eigenvalue weighted by atomic mass is 32.2. The molecule has 0 aliphatic heterocycles. The second-order valence-corrected chi connectivity index (χ2v) is 6.37. The van der Waals surface area contributed by atoms with Crippen LogP contribution < -0.4 is 10.5 Å². The first-order valence-electron chi connectivity index (χ1n) is 6.03. The number of nitrogens with one attached hydrogen (secondary N) is 1. The van der Waals surface area contributed by atoms with Gasteiger partial charge in [-0.15, -0.1) is 10.2 Å². The third-order valence-corrected chi connectivity index (χ3v) is 4.54. The smallest absolute Gasteiger partial charge is 0.243 e. The Balaban J connectivity index is 2.30. The SMILES string of the molecule is Cc1ccc(S(=O)(=O)NC(C)c2nncn2C)c(N)c1. The fourth-order valence-electron chi connectivity index (χ4n) is 1.95. The van der Waals surface area contributed by atoms with Gasteiger partial charge < -0.3 is 10.3 Å². The zero-order chi connectivity index (χ0) is 14.9. The van der Waals surface area contributed by atoms with Crippen molar-refractivity contribution in [2.75, 3.05) is 5.73 Å². The maximum absolute atomic E-state index is 12.3. The van der Waals surface area contributed by atoms with Gasteiger partial charge in [-0.1, -0.05) is 6.07 Å². The van der Waals surface area contributed by atoms with E-state index in [1.165, 1.54) is 12.4 Å². The van der Waals surface area contributed by atoms with Crippen LogP contribution in [0.5, 0.6) is 0 Å². The van der Waals surface area contributed by atoms with Crippen LogP contribution >= 0.6 is 0 Å². The Morgan fingerprint density at radius 1 is 1.40 bits per heavy atom. The lowest BCUT2D eigenvalue weighted by Crippen LogP contribution is -2.29. The van der Waals surface area contributed by atoms with E-state index in [0.717, 1.165) is 5.56 Å². The molecule has 0 saturated heterocycles. The van der Waals surface area contributed by atoms with Crippen molar-refractivity contribution in [3.63, 3.8) is 0 Å². The third kappa shape index (κ3) is 2.81. The van der Waals surface area contributed by atoms with Gasteiger partial charge in [0, 0.05) is 7.05 Å². The molecule has 0 fully saturated rings. The molecule has 7 nitrogen and oxygen atoms in total. The number of nitrogen functional groups attached to an aromatic ring is 1. The molecule has 108 valence electrons. The normalized spacial score (nSPS) is 13.3. The number of nitrogens with zero attached hydrogens (tertiary/aromatic N) is 3. The van der Waals surface area contributed by atoms with Crippen molar-refractivity contribution in [2.45, 2.75) is 24.8 Å². The van der Waals surface area contributed by atoms with Gasteiger partial charge in [0.2, 0.25) is 10.0 Å². The molecule has 1 atom stereocenters. The van der Waals surface area contributed by atoms with Gasteiger partial charge in [0.15, 0.2) is 0 Å². The lowest BCUT2D eigenvalue weighted by molar-refractivity contribution is 0.553. The highest BCUT2D eigenvalue weighted by Gasteiger charge is 2.22. The summed E-state index contributed by atoms with van der Waals surface area (Å²) in [6.45, 7) is 3.55. The quantitative estimate of drug-likeness (QED) is 0.810. The summed E-state index contributed by atoms with van der Waals surface area (Å²) in [5, 5.41) is 7.61. The molecule has 0 radical (unpaired) electrons. The van der Waals surface area contributed by atoms with Crippen LogP contribution in [0.4, 0.5) is 5.69 Å². The summed E-state index contributed by atoms with van der Waals surface area (Å²) < 4.78 is 28.9. The van der Waals surface area contributed by atoms with Crippen molar-refractivity contribution in [3.05, 3.63) is 35.9 Å². The summed E-state index contributed by atoms with van der Waals surface area (Å²) in [5.74, 6) is 0.527. The van der Waals surface area contributed by atoms with Crippen molar-refractivity contribution in [1.82, 2.24) is 19.5 Å². The molecule has 0 spiro atoms. The molecule has 1 heterocycles. The Labute approximate surface area is 117 Å². The Morgan fingerprint density at radius 3 is 2.65 bits per heavy atom. The van der Waals surface area contributed by atoms with Crippen LogP contribution in [0.2, 0.25) is 0 Å². The van der Waals surface area contributed by atoms with Gasteiger partial charge in [-0.3, -0.25) is 0 Å². The van der Waals surface area contributed by atoms with Crippen LogP contribution in [0.1, 0.15) is 24.4 Å². The number of aryl methyl sites for hydroxylation is 2. The van der Waals surface area contributed by atoms with E-state index >= 15 is 0 Å². The molecular weight excluding hydrogens is 278 g/mol. The molecule has 20 heavy (non-hydrogen) atoms. The number of aromatic nitrogens is 3. The minimum atomic E-state index is -3.71. The van der Waals surface area contributed by atoms with Crippen molar-refractivity contribution in [1.29, 1.82) is 0 Å². The molecule has 0 bridgehead atoms. The van der Waals surface area contributed by atoms with E-state index in [9.17, 15) is 8.42 Å². The molecule has 0 saturated carbocycles. The van der Waals surface area contributed by atoms with Gasteiger partial charge >= 0.3 is 0 Å². The Bertz CT molecular complexity index is 723. The van der Waals surface area contributed by atoms with Crippen molar-refractivity contribution in [2.24, 2.45) is 7.05 Å². The van der Waals surface area contributed by atoms with Crippen molar-refractivity contribution >= 4 is 15.7 Å². The highest BCUT2D eigenvalue weighted by Crippen LogP contribution is 2.21. The molecule has 1 unspecified atom stereocenters. The fraction of sp³-hybridized carbons (Fsp3) is 0.333. The minimum Gasteiger partial charge on any atom is -0.398 e. The van der Waals surface area contributed by atoms with Gasteiger partial charge in [0.05, 0.1) is 11.7 Å². The number of nitrogens with two attached hydrogens (primary N) is 1. The maximum Gasteiger partial charge on any atom is 0.243 e. The van der Waals surface area contributed by atoms with Gasteiger partial charge in [0.1, 0.15) is 17.0 Å². The molecule has 1 aromatic carbocycles. The van der Waals surface area contributed by atoms with E-state index in [-0.39, 0.29) is 10.6 Å². The average molecular weight is 295 g/mol. The summed E-state index contributed by atoms with van der Waals surface area (Å²) in [6, 6.07) is 4.32. The molecule has 0 aliphatic carbocycles. The summed E-state index contributed by atoms with van der Waals surface area (Å²) in [6.07, 6.45) is 1.51. The molecule has 2 rings (SSSR count). The second kappa shape index (κ2) is 5.22. The lowest BCUT2D eigenvalue weighted by atomic mass is 10.2. The highest BCUT2D eigenvalue weighted by molar-refractivity contribution is 7.89. The number of hydrogen-bond acceptors (Lipinski definition) is 5. The van der Waals surface area contributed by atoms with Crippen LogP contribution in [-0.4, -0.2) is 23.2 Å². The first kappa shape index (κ1) is 14.5. The van der Waals surface area contributed by atoms with Gasteiger partial charge in [-0.05, 0) is 31.5 Å². The first-order valence-corrected chi connectivity index (χ1v) is 7.52. The van der Waals surface area contributed by atoms with Gasteiger partial charge in [0.25, 0.3) is 0 Å². The summed E-state index contributed by atoms with van der Waals surface area (Å²) >= 11 is 0. The zero-order valence-electron chi connectivity index (χ0n) is 11.5. The van der Waals surface area contributed by atoms with E-state index in [1.807, 2.05) is 6.92 Å². The van der Waals surface area contributed by atoms with Crippen LogP contribution in [0, 0.1) is 6.92 Å². The number of anilines is 1. The Kier molecular flexibility index (Phi) is 3.78. The van der Waals surface area contributed by atoms with E-state index < -0.39 is 16.1 Å². The largest absolute Gasteiger partial charge is 0.398 e. The number of rotatable bonds is 4. The second-order valence-electron chi connectivity index (χ2n) is 4.68. The molecule has 2 aromatic rings. The zero-order valence-corrected chi connectivity index (χ0v) is 12.3. The average Bonchev–Trinajstić information content (AvgIpc) is 2.74. The van der Waals surface area contributed by atoms with Crippen molar-refractivity contribution in [3.8, 4) is 0 Å². The lowest BCUT2D eigenvalue weighted by Gasteiger charge is -2.14. The van der Waals surface area contributed by atoms with Crippen LogP contribution in [0.25, 0.3) is 0 Å². The molecule has 1 aromatic heterocycles. The summed E-state index contributed by atoms with van der Waals surface area (Å²) in [7, 11) is -1.96. The predicted molar refractivity (Wildman–Crippen MR) is 75.3 cm³/mol. The van der Waals surface area contributed by atoms with Crippen LogP contribution in [-0.2, 0) is 17.1 Å². The van der Waals surface area contributed by atoms with E-state index in [0.29, 0.717) is 5.82 Å². The Hall–Kier alpha value is -1.93. The number of benzene rings is 1. The fourth-order valence-corrected chi connectivity index (χ4v) is 3.26. The Morgan fingerprint density at radius 2 is 2.10 bits per heavy atom. The topological polar surface area (TPSA) is 103 Å². The molecule has 0 aliphatic rings. The summed E-state index contributed by atoms with van der Waals surface area (Å²) in [5.41, 5.74) is 6.91. The minimum absolute atomic E-state index is 0.0668. The molecule has 0 amide bonds. The molecule has 8 heteroatoms. The number of sulfonamides is 1. The van der Waals surface area contributed by atoms with Crippen LogP contribution in [0.15, 0.2) is 29.4 Å². The monoisotopic (exact) mass is 295 g/mol. The van der Waals surface area contributed by atoms with Crippen molar-refractivity contribution < 1.29 is 8.42 Å². The standard InChI is InChI=1S/C12H17N5O2S/c1-8-4-5-11(10(13)6-8)20(18,19)16-9(2)12-15-14-7-17(12)3/h4-7,9,16H,13H2,1-3H3. The van der Waals surface area contributed by atoms with Gasteiger partial charge in [-0.25, -0.2) is 13.1 Å². The van der Waals surface area contributed by atoms with Gasteiger partial charge in [-0.2, -0.15) is 0 Å². The number of hydrogen-bond donors (Lipinski definition) is 2. The van der Waals surface area contributed by atoms with Crippen LogP contribution in [0.3, 0.4) is 0 Å². The van der Waals surface area contributed by atoms with E-state index in [4.69, 9.17) is 5.73 Å². The summed E-state index contributed by atoms with van der Waals surface area (Å²) in [4.78, 5) is 0.0668. The maximum atomic E-state index is 12.3.